The SMILES string of the molecule is CCCC(C)(O)Cc1ccc2ccccc2n1. The van der Waals surface area contributed by atoms with Gasteiger partial charge in [-0.25, -0.2) is 0 Å². The van der Waals surface area contributed by atoms with Crippen LogP contribution in [-0.4, -0.2) is 15.7 Å². The molecule has 90 valence electrons. The molecular weight excluding hydrogens is 210 g/mol. The Morgan fingerprint density at radius 2 is 1.94 bits per heavy atom. The first kappa shape index (κ1) is 12.1. The van der Waals surface area contributed by atoms with Crippen molar-refractivity contribution in [2.24, 2.45) is 0 Å². The van der Waals surface area contributed by atoms with E-state index in [-0.39, 0.29) is 0 Å². The summed E-state index contributed by atoms with van der Waals surface area (Å²) < 4.78 is 0. The molecule has 1 aromatic heterocycles. The maximum atomic E-state index is 10.2. The fourth-order valence-corrected chi connectivity index (χ4v) is 2.22. The summed E-state index contributed by atoms with van der Waals surface area (Å²) in [4.78, 5) is 4.58. The van der Waals surface area contributed by atoms with Gasteiger partial charge in [0, 0.05) is 17.5 Å². The van der Waals surface area contributed by atoms with Gasteiger partial charge in [-0.1, -0.05) is 37.6 Å². The molecule has 0 fully saturated rings. The Kier molecular flexibility index (Phi) is 3.43. The van der Waals surface area contributed by atoms with Crippen LogP contribution in [0.2, 0.25) is 0 Å². The first-order chi connectivity index (χ1) is 8.11. The van der Waals surface area contributed by atoms with E-state index in [0.29, 0.717) is 6.42 Å². The van der Waals surface area contributed by atoms with Crippen molar-refractivity contribution in [2.45, 2.75) is 38.7 Å². The third-order valence-corrected chi connectivity index (χ3v) is 3.01. The number of aromatic nitrogens is 1. The largest absolute Gasteiger partial charge is 0.390 e. The fraction of sp³-hybridized carbons (Fsp3) is 0.400. The second-order valence-electron chi connectivity index (χ2n) is 4.92. The number of aliphatic hydroxyl groups is 1. The molecule has 0 spiro atoms. The normalized spacial score (nSPS) is 14.8. The lowest BCUT2D eigenvalue weighted by atomic mass is 9.94. The summed E-state index contributed by atoms with van der Waals surface area (Å²) in [6, 6.07) is 12.1. The summed E-state index contributed by atoms with van der Waals surface area (Å²) in [5.41, 5.74) is 1.31. The monoisotopic (exact) mass is 229 g/mol. The smallest absolute Gasteiger partial charge is 0.0705 e. The van der Waals surface area contributed by atoms with Gasteiger partial charge in [-0.2, -0.15) is 0 Å². The van der Waals surface area contributed by atoms with Crippen molar-refractivity contribution in [3.63, 3.8) is 0 Å². The van der Waals surface area contributed by atoms with E-state index in [1.807, 2.05) is 31.2 Å². The molecule has 2 aromatic rings. The molecule has 0 aliphatic heterocycles. The van der Waals surface area contributed by atoms with Gasteiger partial charge in [-0.15, -0.1) is 0 Å². The lowest BCUT2D eigenvalue weighted by Gasteiger charge is -2.22. The number of benzene rings is 1. The highest BCUT2D eigenvalue weighted by atomic mass is 16.3. The van der Waals surface area contributed by atoms with Gasteiger partial charge in [-0.3, -0.25) is 4.98 Å². The quantitative estimate of drug-likeness (QED) is 0.872. The summed E-state index contributed by atoms with van der Waals surface area (Å²) >= 11 is 0. The van der Waals surface area contributed by atoms with Crippen LogP contribution in [-0.2, 0) is 6.42 Å². The lowest BCUT2D eigenvalue weighted by Crippen LogP contribution is -2.27. The van der Waals surface area contributed by atoms with Crippen LogP contribution in [0.15, 0.2) is 36.4 Å². The predicted octanol–water partition coefficient (Wildman–Crippen LogP) is 3.33. The molecule has 0 aliphatic carbocycles. The van der Waals surface area contributed by atoms with E-state index in [4.69, 9.17) is 0 Å². The zero-order valence-corrected chi connectivity index (χ0v) is 10.5. The van der Waals surface area contributed by atoms with Gasteiger partial charge in [0.2, 0.25) is 0 Å². The van der Waals surface area contributed by atoms with Crippen molar-refractivity contribution in [1.29, 1.82) is 0 Å². The van der Waals surface area contributed by atoms with Crippen LogP contribution >= 0.6 is 0 Å². The third kappa shape index (κ3) is 3.04. The van der Waals surface area contributed by atoms with E-state index >= 15 is 0 Å². The standard InChI is InChI=1S/C15H19NO/c1-3-10-15(2,17)11-13-9-8-12-6-4-5-7-14(12)16-13/h4-9,17H,3,10-11H2,1-2H3. The molecule has 0 amide bonds. The van der Waals surface area contributed by atoms with Gasteiger partial charge in [0.1, 0.15) is 0 Å². The Balaban J connectivity index is 2.25. The van der Waals surface area contributed by atoms with Crippen molar-refractivity contribution in [1.82, 2.24) is 4.98 Å². The molecule has 0 radical (unpaired) electrons. The van der Waals surface area contributed by atoms with Crippen LogP contribution in [0.25, 0.3) is 10.9 Å². The number of para-hydroxylation sites is 1. The van der Waals surface area contributed by atoms with Crippen LogP contribution in [0.1, 0.15) is 32.4 Å². The molecule has 1 aromatic carbocycles. The number of hydrogen-bond acceptors (Lipinski definition) is 2. The predicted molar refractivity (Wildman–Crippen MR) is 71.0 cm³/mol. The minimum atomic E-state index is -0.649. The van der Waals surface area contributed by atoms with E-state index in [1.54, 1.807) is 0 Å². The molecule has 0 aliphatic rings. The summed E-state index contributed by atoms with van der Waals surface area (Å²) in [7, 11) is 0. The molecule has 0 saturated heterocycles. The van der Waals surface area contributed by atoms with Crippen LogP contribution in [0.3, 0.4) is 0 Å². The average Bonchev–Trinajstić information content (AvgIpc) is 2.28. The van der Waals surface area contributed by atoms with Crippen molar-refractivity contribution in [2.75, 3.05) is 0 Å². The van der Waals surface area contributed by atoms with E-state index in [1.165, 1.54) is 0 Å². The second-order valence-corrected chi connectivity index (χ2v) is 4.92. The summed E-state index contributed by atoms with van der Waals surface area (Å²) in [5.74, 6) is 0. The fourth-order valence-electron chi connectivity index (χ4n) is 2.22. The molecule has 17 heavy (non-hydrogen) atoms. The van der Waals surface area contributed by atoms with Gasteiger partial charge in [0.15, 0.2) is 0 Å². The topological polar surface area (TPSA) is 33.1 Å². The Morgan fingerprint density at radius 1 is 1.18 bits per heavy atom. The number of pyridine rings is 1. The molecule has 2 rings (SSSR count). The van der Waals surface area contributed by atoms with Crippen molar-refractivity contribution in [3.8, 4) is 0 Å². The average molecular weight is 229 g/mol. The molecule has 0 bridgehead atoms. The van der Waals surface area contributed by atoms with Crippen LogP contribution in [0, 0.1) is 0 Å². The molecular formula is C15H19NO. The highest BCUT2D eigenvalue weighted by Crippen LogP contribution is 2.19. The molecule has 1 heterocycles. The summed E-state index contributed by atoms with van der Waals surface area (Å²) in [5, 5.41) is 11.3. The molecule has 2 heteroatoms. The minimum absolute atomic E-state index is 0.617. The van der Waals surface area contributed by atoms with Crippen LogP contribution in [0.5, 0.6) is 0 Å². The van der Waals surface area contributed by atoms with Gasteiger partial charge in [-0.05, 0) is 25.5 Å². The Morgan fingerprint density at radius 3 is 2.71 bits per heavy atom. The van der Waals surface area contributed by atoms with Crippen molar-refractivity contribution < 1.29 is 5.11 Å². The van der Waals surface area contributed by atoms with E-state index < -0.39 is 5.60 Å². The lowest BCUT2D eigenvalue weighted by molar-refractivity contribution is 0.0497. The second kappa shape index (κ2) is 4.84. The van der Waals surface area contributed by atoms with Gasteiger partial charge in [0.05, 0.1) is 11.1 Å². The van der Waals surface area contributed by atoms with Crippen molar-refractivity contribution >= 4 is 10.9 Å². The van der Waals surface area contributed by atoms with E-state index in [0.717, 1.165) is 29.4 Å². The first-order valence-electron chi connectivity index (χ1n) is 6.18. The summed E-state index contributed by atoms with van der Waals surface area (Å²) in [6.07, 6.45) is 2.41. The van der Waals surface area contributed by atoms with Gasteiger partial charge >= 0.3 is 0 Å². The zero-order valence-electron chi connectivity index (χ0n) is 10.5. The highest BCUT2D eigenvalue weighted by molar-refractivity contribution is 5.78. The Labute approximate surface area is 102 Å². The first-order valence-corrected chi connectivity index (χ1v) is 6.18. The summed E-state index contributed by atoms with van der Waals surface area (Å²) in [6.45, 7) is 3.97. The molecule has 1 unspecified atom stereocenters. The number of nitrogens with zero attached hydrogens (tertiary/aromatic N) is 1. The van der Waals surface area contributed by atoms with Crippen LogP contribution in [0.4, 0.5) is 0 Å². The zero-order chi connectivity index (χ0) is 12.3. The van der Waals surface area contributed by atoms with Crippen LogP contribution < -0.4 is 0 Å². The number of fused-ring (bicyclic) bond motifs is 1. The molecule has 1 N–H and O–H groups in total. The van der Waals surface area contributed by atoms with E-state index in [2.05, 4.69) is 24.0 Å². The molecule has 2 nitrogen and oxygen atoms in total. The van der Waals surface area contributed by atoms with Gasteiger partial charge < -0.3 is 5.11 Å². The highest BCUT2D eigenvalue weighted by Gasteiger charge is 2.20. The van der Waals surface area contributed by atoms with Gasteiger partial charge in [0.25, 0.3) is 0 Å². The molecule has 1 atom stereocenters. The Hall–Kier alpha value is -1.41. The Bertz CT molecular complexity index is 505. The molecule has 0 saturated carbocycles. The third-order valence-electron chi connectivity index (χ3n) is 3.01. The maximum Gasteiger partial charge on any atom is 0.0705 e. The number of hydrogen-bond donors (Lipinski definition) is 1. The van der Waals surface area contributed by atoms with E-state index in [9.17, 15) is 5.11 Å². The maximum absolute atomic E-state index is 10.2. The minimum Gasteiger partial charge on any atom is -0.390 e. The van der Waals surface area contributed by atoms with Crippen molar-refractivity contribution in [3.05, 3.63) is 42.1 Å². The number of rotatable bonds is 4.